The minimum atomic E-state index is -0.167. The van der Waals surface area contributed by atoms with Gasteiger partial charge >= 0.3 is 0 Å². The molecule has 6 heteroatoms. The van der Waals surface area contributed by atoms with Crippen LogP contribution in [-0.2, 0) is 0 Å². The summed E-state index contributed by atoms with van der Waals surface area (Å²) in [6.07, 6.45) is 2.80. The van der Waals surface area contributed by atoms with Gasteiger partial charge in [0.25, 0.3) is 0 Å². The molecule has 3 aromatic rings. The van der Waals surface area contributed by atoms with Gasteiger partial charge in [-0.15, -0.1) is 0 Å². The SMILES string of the molecule is O=c1cc(-n2cncn2)oc2c(Cl)cccc12. The molecule has 3 rings (SSSR count). The maximum Gasteiger partial charge on any atom is 0.225 e. The standard InChI is InChI=1S/C11H6ClN3O2/c12-8-3-1-2-7-9(16)4-10(17-11(7)8)15-6-13-5-14-15/h1-6H. The van der Waals surface area contributed by atoms with Crippen LogP contribution in [-0.4, -0.2) is 14.8 Å². The zero-order valence-electron chi connectivity index (χ0n) is 8.50. The summed E-state index contributed by atoms with van der Waals surface area (Å²) >= 11 is 5.98. The quantitative estimate of drug-likeness (QED) is 0.660. The van der Waals surface area contributed by atoms with Gasteiger partial charge in [-0.05, 0) is 12.1 Å². The minimum Gasteiger partial charge on any atom is -0.436 e. The summed E-state index contributed by atoms with van der Waals surface area (Å²) < 4.78 is 6.91. The summed E-state index contributed by atoms with van der Waals surface area (Å²) in [6, 6.07) is 6.39. The molecule has 0 atom stereocenters. The van der Waals surface area contributed by atoms with Gasteiger partial charge in [0.15, 0.2) is 11.0 Å². The van der Waals surface area contributed by atoms with E-state index in [4.69, 9.17) is 16.0 Å². The maximum atomic E-state index is 11.9. The van der Waals surface area contributed by atoms with Crippen LogP contribution in [0, 0.1) is 0 Å². The molecule has 2 aromatic heterocycles. The molecule has 0 spiro atoms. The van der Waals surface area contributed by atoms with Crippen molar-refractivity contribution in [1.82, 2.24) is 14.8 Å². The van der Waals surface area contributed by atoms with Crippen molar-refractivity contribution >= 4 is 22.6 Å². The Kier molecular flexibility index (Phi) is 2.19. The van der Waals surface area contributed by atoms with Crippen molar-refractivity contribution in [3.05, 3.63) is 52.2 Å². The number of aromatic nitrogens is 3. The Morgan fingerprint density at radius 3 is 3.00 bits per heavy atom. The average Bonchev–Trinajstić information content (AvgIpc) is 2.84. The maximum absolute atomic E-state index is 11.9. The van der Waals surface area contributed by atoms with Crippen LogP contribution >= 0.6 is 11.6 Å². The van der Waals surface area contributed by atoms with Crippen LogP contribution in [0.3, 0.4) is 0 Å². The van der Waals surface area contributed by atoms with Crippen LogP contribution < -0.4 is 5.43 Å². The fraction of sp³-hybridized carbons (Fsp3) is 0. The monoisotopic (exact) mass is 247 g/mol. The van der Waals surface area contributed by atoms with E-state index < -0.39 is 0 Å². The molecular weight excluding hydrogens is 242 g/mol. The lowest BCUT2D eigenvalue weighted by molar-refractivity contribution is 0.547. The van der Waals surface area contributed by atoms with Crippen LogP contribution in [0.15, 0.2) is 46.1 Å². The zero-order chi connectivity index (χ0) is 11.8. The second-order valence-corrected chi connectivity index (χ2v) is 3.81. The molecule has 0 radical (unpaired) electrons. The fourth-order valence-corrected chi connectivity index (χ4v) is 1.78. The minimum absolute atomic E-state index is 0.167. The predicted octanol–water partition coefficient (Wildman–Crippen LogP) is 2.03. The van der Waals surface area contributed by atoms with Gasteiger partial charge in [-0.3, -0.25) is 4.79 Å². The first-order valence-corrected chi connectivity index (χ1v) is 5.21. The third-order valence-corrected chi connectivity index (χ3v) is 2.64. The lowest BCUT2D eigenvalue weighted by Crippen LogP contribution is -2.04. The number of para-hydroxylation sites is 1. The molecule has 0 bridgehead atoms. The van der Waals surface area contributed by atoms with E-state index in [-0.39, 0.29) is 11.3 Å². The van der Waals surface area contributed by atoms with Crippen molar-refractivity contribution in [2.45, 2.75) is 0 Å². The van der Waals surface area contributed by atoms with E-state index in [0.29, 0.717) is 16.0 Å². The molecule has 1 aromatic carbocycles. The van der Waals surface area contributed by atoms with Gasteiger partial charge in [0.1, 0.15) is 12.7 Å². The molecule has 0 N–H and O–H groups in total. The van der Waals surface area contributed by atoms with Crippen LogP contribution in [0.2, 0.25) is 5.02 Å². The highest BCUT2D eigenvalue weighted by atomic mass is 35.5. The second kappa shape index (κ2) is 3.71. The molecule has 0 fully saturated rings. The molecule has 0 unspecified atom stereocenters. The number of hydrogen-bond donors (Lipinski definition) is 0. The summed E-state index contributed by atoms with van der Waals surface area (Å²) in [5.41, 5.74) is 0.186. The first-order chi connectivity index (χ1) is 8.25. The van der Waals surface area contributed by atoms with E-state index in [1.54, 1.807) is 18.2 Å². The molecule has 5 nitrogen and oxygen atoms in total. The van der Waals surface area contributed by atoms with Crippen molar-refractivity contribution in [2.24, 2.45) is 0 Å². The van der Waals surface area contributed by atoms with Crippen molar-refractivity contribution in [1.29, 1.82) is 0 Å². The lowest BCUT2D eigenvalue weighted by Gasteiger charge is -2.02. The molecule has 0 aliphatic heterocycles. The van der Waals surface area contributed by atoms with Crippen molar-refractivity contribution in [3.63, 3.8) is 0 Å². The van der Waals surface area contributed by atoms with Crippen molar-refractivity contribution < 1.29 is 4.42 Å². The number of benzene rings is 1. The van der Waals surface area contributed by atoms with E-state index in [2.05, 4.69) is 10.1 Å². The fourth-order valence-electron chi connectivity index (χ4n) is 1.57. The molecule has 0 saturated carbocycles. The Hall–Kier alpha value is -2.14. The van der Waals surface area contributed by atoms with E-state index in [9.17, 15) is 4.79 Å². The number of fused-ring (bicyclic) bond motifs is 1. The third kappa shape index (κ3) is 1.60. The Balaban J connectivity index is 2.38. The van der Waals surface area contributed by atoms with E-state index in [1.165, 1.54) is 23.4 Å². The zero-order valence-corrected chi connectivity index (χ0v) is 9.26. The first-order valence-electron chi connectivity index (χ1n) is 4.83. The van der Waals surface area contributed by atoms with Crippen LogP contribution in [0.5, 0.6) is 0 Å². The topological polar surface area (TPSA) is 60.9 Å². The van der Waals surface area contributed by atoms with E-state index >= 15 is 0 Å². The highest BCUT2D eigenvalue weighted by molar-refractivity contribution is 6.34. The Bertz CT molecular complexity index is 734. The smallest absolute Gasteiger partial charge is 0.225 e. The average molecular weight is 248 g/mol. The summed E-state index contributed by atoms with van der Waals surface area (Å²) in [5.74, 6) is 0.285. The summed E-state index contributed by atoms with van der Waals surface area (Å²) in [6.45, 7) is 0. The summed E-state index contributed by atoms with van der Waals surface area (Å²) in [5, 5.41) is 4.73. The van der Waals surface area contributed by atoms with Gasteiger partial charge in [0.05, 0.1) is 10.4 Å². The number of hydrogen-bond acceptors (Lipinski definition) is 4. The van der Waals surface area contributed by atoms with Gasteiger partial charge in [-0.1, -0.05) is 17.7 Å². The van der Waals surface area contributed by atoms with Crippen molar-refractivity contribution in [2.75, 3.05) is 0 Å². The molecular formula is C11H6ClN3O2. The van der Waals surface area contributed by atoms with Crippen molar-refractivity contribution in [3.8, 4) is 5.88 Å². The van der Waals surface area contributed by atoms with Gasteiger partial charge in [0.2, 0.25) is 5.88 Å². The first kappa shape index (κ1) is 10.0. The summed E-state index contributed by atoms with van der Waals surface area (Å²) in [7, 11) is 0. The Labute approximate surface area is 100 Å². The summed E-state index contributed by atoms with van der Waals surface area (Å²) in [4.78, 5) is 15.7. The van der Waals surface area contributed by atoms with E-state index in [1.807, 2.05) is 0 Å². The third-order valence-electron chi connectivity index (χ3n) is 2.34. The Morgan fingerprint density at radius 1 is 1.35 bits per heavy atom. The molecule has 0 amide bonds. The number of halogens is 1. The van der Waals surface area contributed by atoms with Gasteiger partial charge in [0, 0.05) is 6.07 Å². The number of nitrogens with zero attached hydrogens (tertiary/aromatic N) is 3. The van der Waals surface area contributed by atoms with Crippen LogP contribution in [0.25, 0.3) is 16.9 Å². The lowest BCUT2D eigenvalue weighted by atomic mass is 10.2. The molecule has 17 heavy (non-hydrogen) atoms. The van der Waals surface area contributed by atoms with Crippen LogP contribution in [0.1, 0.15) is 0 Å². The van der Waals surface area contributed by atoms with E-state index in [0.717, 1.165) is 0 Å². The molecule has 0 aliphatic rings. The van der Waals surface area contributed by atoms with Gasteiger partial charge < -0.3 is 4.42 Å². The van der Waals surface area contributed by atoms with Gasteiger partial charge in [-0.25, -0.2) is 4.98 Å². The molecule has 2 heterocycles. The highest BCUT2D eigenvalue weighted by Gasteiger charge is 2.09. The Morgan fingerprint density at radius 2 is 2.24 bits per heavy atom. The normalized spacial score (nSPS) is 10.9. The molecule has 0 saturated heterocycles. The highest BCUT2D eigenvalue weighted by Crippen LogP contribution is 2.22. The number of rotatable bonds is 1. The largest absolute Gasteiger partial charge is 0.436 e. The second-order valence-electron chi connectivity index (χ2n) is 3.41. The molecule has 84 valence electrons. The molecule has 0 aliphatic carbocycles. The van der Waals surface area contributed by atoms with Gasteiger partial charge in [-0.2, -0.15) is 9.78 Å². The van der Waals surface area contributed by atoms with Crippen LogP contribution in [0.4, 0.5) is 0 Å². The predicted molar refractivity (Wildman–Crippen MR) is 62.4 cm³/mol.